The Kier molecular flexibility index (Phi) is 7.08. The van der Waals surface area contributed by atoms with Crippen LogP contribution in [0.2, 0.25) is 0 Å². The first kappa shape index (κ1) is 14.8. The van der Waals surface area contributed by atoms with Crippen molar-refractivity contribution in [3.05, 3.63) is 24.3 Å². The predicted octanol–water partition coefficient (Wildman–Crippen LogP) is 4.76. The summed E-state index contributed by atoms with van der Waals surface area (Å²) in [5.41, 5.74) is 2.38. The van der Waals surface area contributed by atoms with E-state index in [0.717, 1.165) is 12.0 Å². The molecule has 0 N–H and O–H groups in total. The predicted molar refractivity (Wildman–Crippen MR) is 77.3 cm³/mol. The highest BCUT2D eigenvalue weighted by Gasteiger charge is 2.12. The zero-order valence-corrected chi connectivity index (χ0v) is 11.9. The van der Waals surface area contributed by atoms with Gasteiger partial charge in [-0.05, 0) is 49.7 Å². The van der Waals surface area contributed by atoms with E-state index in [1.165, 1.54) is 35.7 Å². The maximum absolute atomic E-state index is 4.04. The van der Waals surface area contributed by atoms with E-state index in [4.69, 9.17) is 0 Å². The van der Waals surface area contributed by atoms with Gasteiger partial charge in [0.1, 0.15) is 0 Å². The zero-order valence-electron chi connectivity index (χ0n) is 11.1. The molecular weight excluding hydrogens is 200 g/mol. The molecule has 0 spiro atoms. The summed E-state index contributed by atoms with van der Waals surface area (Å²) in [4.78, 5) is 0. The average Bonchev–Trinajstić information content (AvgIpc) is 2.23. The van der Waals surface area contributed by atoms with Crippen LogP contribution in [0.15, 0.2) is 24.3 Å². The van der Waals surface area contributed by atoms with Crippen LogP contribution in [0.3, 0.4) is 0 Å². The molecule has 0 nitrogen and oxygen atoms in total. The third-order valence-electron chi connectivity index (χ3n) is 3.36. The summed E-state index contributed by atoms with van der Waals surface area (Å²) >= 11 is 0. The van der Waals surface area contributed by atoms with Gasteiger partial charge in [0, 0.05) is 0 Å². The molecule has 0 saturated heterocycles. The minimum Gasteiger partial charge on any atom is -0.244 e. The Morgan fingerprint density at radius 1 is 1.07 bits per heavy atom. The second kappa shape index (κ2) is 7.16. The second-order valence-corrected chi connectivity index (χ2v) is 9.12. The van der Waals surface area contributed by atoms with Crippen molar-refractivity contribution in [3.8, 4) is 0 Å². The fraction of sp³-hybridized carbons (Fsp3) is 0.714. The van der Waals surface area contributed by atoms with Gasteiger partial charge in [-0.1, -0.05) is 38.2 Å². The van der Waals surface area contributed by atoms with Crippen molar-refractivity contribution in [2.75, 3.05) is 23.5 Å². The monoisotopic (exact) mass is 228 g/mol. The Balaban J connectivity index is 3.71. The molecule has 0 amide bonds. The van der Waals surface area contributed by atoms with E-state index in [1.807, 2.05) is 0 Å². The molecule has 0 rings (SSSR count). The van der Waals surface area contributed by atoms with Crippen molar-refractivity contribution >= 4 is 10.0 Å². The molecule has 0 aliphatic rings. The highest BCUT2D eigenvalue weighted by atomic mass is 32.3. The summed E-state index contributed by atoms with van der Waals surface area (Å²) in [5, 5.41) is 0. The van der Waals surface area contributed by atoms with Gasteiger partial charge >= 0.3 is 0 Å². The van der Waals surface area contributed by atoms with Crippen molar-refractivity contribution < 1.29 is 0 Å². The molecule has 0 bridgehead atoms. The van der Waals surface area contributed by atoms with Gasteiger partial charge in [-0.3, -0.25) is 0 Å². The lowest BCUT2D eigenvalue weighted by Gasteiger charge is -2.33. The maximum atomic E-state index is 4.04. The molecule has 0 aliphatic carbocycles. The van der Waals surface area contributed by atoms with Crippen LogP contribution in [0.25, 0.3) is 0 Å². The summed E-state index contributed by atoms with van der Waals surface area (Å²) in [5.74, 6) is 4.19. The first-order chi connectivity index (χ1) is 6.95. The van der Waals surface area contributed by atoms with Gasteiger partial charge in [-0.15, -0.1) is 0 Å². The molecule has 0 saturated carbocycles. The highest BCUT2D eigenvalue weighted by Crippen LogP contribution is 2.43. The molecular formula is C14H28S. The van der Waals surface area contributed by atoms with Crippen LogP contribution in [-0.2, 0) is 0 Å². The van der Waals surface area contributed by atoms with Crippen LogP contribution in [0, 0.1) is 0 Å². The first-order valence-corrected chi connectivity index (χ1v) is 8.55. The molecule has 0 fully saturated rings. The van der Waals surface area contributed by atoms with E-state index >= 15 is 0 Å². The van der Waals surface area contributed by atoms with Crippen LogP contribution >= 0.6 is 10.0 Å². The van der Waals surface area contributed by atoms with Gasteiger partial charge in [0.05, 0.1) is 0 Å². The van der Waals surface area contributed by atoms with Crippen LogP contribution in [0.5, 0.6) is 0 Å². The smallest absolute Gasteiger partial charge is 0.0230 e. The third kappa shape index (κ3) is 6.09. The van der Waals surface area contributed by atoms with Gasteiger partial charge in [0.2, 0.25) is 0 Å². The molecule has 1 heteroatoms. The van der Waals surface area contributed by atoms with Gasteiger partial charge < -0.3 is 0 Å². The van der Waals surface area contributed by atoms with E-state index < -0.39 is 0 Å². The fourth-order valence-electron chi connectivity index (χ4n) is 1.50. The molecule has 0 radical (unpaired) electrons. The first-order valence-electron chi connectivity index (χ1n) is 6.00. The lowest BCUT2D eigenvalue weighted by Crippen LogP contribution is -2.08. The summed E-state index contributed by atoms with van der Waals surface area (Å²) in [6.07, 6.45) is 6.27. The molecule has 90 valence electrons. The number of unbranched alkanes of at least 4 members (excludes halogenated alkanes) is 1. The molecule has 15 heavy (non-hydrogen) atoms. The highest BCUT2D eigenvalue weighted by molar-refractivity contribution is 8.33. The Morgan fingerprint density at radius 2 is 1.60 bits per heavy atom. The number of rotatable bonds is 8. The van der Waals surface area contributed by atoms with Crippen LogP contribution in [0.4, 0.5) is 0 Å². The molecule has 0 aromatic heterocycles. The summed E-state index contributed by atoms with van der Waals surface area (Å²) in [6, 6.07) is 0. The van der Waals surface area contributed by atoms with Gasteiger partial charge in [-0.25, -0.2) is 10.0 Å². The molecule has 0 aromatic rings. The van der Waals surface area contributed by atoms with Crippen molar-refractivity contribution in [1.29, 1.82) is 0 Å². The summed E-state index contributed by atoms with van der Waals surface area (Å²) in [6.45, 7) is 14.7. The molecule has 0 atom stereocenters. The van der Waals surface area contributed by atoms with Crippen molar-refractivity contribution in [2.45, 2.75) is 40.0 Å². The van der Waals surface area contributed by atoms with Gasteiger partial charge in [0.25, 0.3) is 0 Å². The average molecular weight is 228 g/mol. The molecule has 0 aromatic carbocycles. The van der Waals surface area contributed by atoms with E-state index in [0.29, 0.717) is 0 Å². The lowest BCUT2D eigenvalue weighted by atomic mass is 10.1. The van der Waals surface area contributed by atoms with Crippen LogP contribution in [-0.4, -0.2) is 23.5 Å². The zero-order chi connectivity index (χ0) is 11.9. The largest absolute Gasteiger partial charge is 0.244 e. The lowest BCUT2D eigenvalue weighted by molar-refractivity contribution is 0.797. The van der Waals surface area contributed by atoms with E-state index in [2.05, 4.69) is 40.2 Å². The van der Waals surface area contributed by atoms with Gasteiger partial charge in [-0.2, -0.15) is 0 Å². The normalized spacial score (nSPS) is 12.5. The minimum atomic E-state index is -0.285. The molecule has 0 heterocycles. The Hall–Kier alpha value is -0.170. The quantitative estimate of drug-likeness (QED) is 0.415. The Morgan fingerprint density at radius 3 is 2.00 bits per heavy atom. The van der Waals surface area contributed by atoms with Crippen LogP contribution in [0.1, 0.15) is 40.0 Å². The van der Waals surface area contributed by atoms with Crippen molar-refractivity contribution in [3.63, 3.8) is 0 Å². The standard InChI is InChI=1S/C14H28S/c1-7-15(6,8-2)12-10-9-11-14(5)13(3)4/h3,5,7-12H2,1-2,4,6H3. The van der Waals surface area contributed by atoms with Crippen LogP contribution < -0.4 is 0 Å². The minimum absolute atomic E-state index is 0.285. The SMILES string of the molecule is C=C(C)C(=C)CCCCS(C)(CC)CC. The number of hydrogen-bond donors (Lipinski definition) is 0. The van der Waals surface area contributed by atoms with E-state index in [9.17, 15) is 0 Å². The number of hydrogen-bond acceptors (Lipinski definition) is 0. The fourth-order valence-corrected chi connectivity index (χ4v) is 3.38. The molecule has 0 unspecified atom stereocenters. The van der Waals surface area contributed by atoms with Crippen molar-refractivity contribution in [2.24, 2.45) is 0 Å². The maximum Gasteiger partial charge on any atom is -0.0230 e. The molecule has 0 aliphatic heterocycles. The van der Waals surface area contributed by atoms with E-state index in [-0.39, 0.29) is 10.0 Å². The third-order valence-corrected chi connectivity index (χ3v) is 7.43. The van der Waals surface area contributed by atoms with Gasteiger partial charge in [0.15, 0.2) is 0 Å². The van der Waals surface area contributed by atoms with Crippen molar-refractivity contribution in [1.82, 2.24) is 0 Å². The second-order valence-electron chi connectivity index (χ2n) is 4.60. The summed E-state index contributed by atoms with van der Waals surface area (Å²) in [7, 11) is -0.285. The number of allylic oxidation sites excluding steroid dienone is 2. The summed E-state index contributed by atoms with van der Waals surface area (Å²) < 4.78 is 0. The topological polar surface area (TPSA) is 0 Å². The Bertz CT molecular complexity index is 211. The van der Waals surface area contributed by atoms with E-state index in [1.54, 1.807) is 0 Å². The Labute approximate surface area is 98.2 Å².